The van der Waals surface area contributed by atoms with Crippen molar-refractivity contribution in [1.29, 1.82) is 0 Å². The average Bonchev–Trinajstić information content (AvgIpc) is 2.78. The summed E-state index contributed by atoms with van der Waals surface area (Å²) in [5.41, 5.74) is 0.999. The van der Waals surface area contributed by atoms with Crippen LogP contribution in [0.2, 0.25) is 0 Å². The van der Waals surface area contributed by atoms with E-state index in [4.69, 9.17) is 4.52 Å². The van der Waals surface area contributed by atoms with E-state index < -0.39 is 12.5 Å². The van der Waals surface area contributed by atoms with E-state index in [1.54, 1.807) is 6.92 Å². The number of carbonyl (C=O) groups is 1. The van der Waals surface area contributed by atoms with E-state index in [0.29, 0.717) is 23.4 Å². The van der Waals surface area contributed by atoms with Gasteiger partial charge in [-0.1, -0.05) is 12.1 Å². The third-order valence-electron chi connectivity index (χ3n) is 3.51. The first kappa shape index (κ1) is 15.8. The highest BCUT2D eigenvalue weighted by molar-refractivity contribution is 5.96. The van der Waals surface area contributed by atoms with Gasteiger partial charge in [0.1, 0.15) is 11.3 Å². The lowest BCUT2D eigenvalue weighted by Crippen LogP contribution is -2.42. The summed E-state index contributed by atoms with van der Waals surface area (Å²) in [6, 6.07) is 0. The number of hydrogen-bond donors (Lipinski definition) is 0. The largest absolute Gasteiger partial charge is 0.522 e. The molecule has 1 fully saturated rings. The second kappa shape index (κ2) is 6.05. The van der Waals surface area contributed by atoms with E-state index in [9.17, 15) is 18.0 Å². The van der Waals surface area contributed by atoms with Crippen molar-refractivity contribution in [2.75, 3.05) is 13.1 Å². The Bertz CT molecular complexity index is 505. The molecule has 2 heterocycles. The minimum atomic E-state index is -4.63. The molecule has 118 valence electrons. The van der Waals surface area contributed by atoms with Crippen LogP contribution >= 0.6 is 0 Å². The molecule has 0 radical (unpaired) electrons. The van der Waals surface area contributed by atoms with Crippen LogP contribution in [0, 0.1) is 6.92 Å². The van der Waals surface area contributed by atoms with E-state index in [1.807, 2.05) is 6.92 Å². The Morgan fingerprint density at radius 3 is 2.57 bits per heavy atom. The Morgan fingerprint density at radius 1 is 1.43 bits per heavy atom. The highest BCUT2D eigenvalue weighted by Gasteiger charge is 2.36. The second-order valence-corrected chi connectivity index (χ2v) is 4.97. The van der Waals surface area contributed by atoms with Crippen LogP contribution in [0.15, 0.2) is 4.52 Å². The van der Waals surface area contributed by atoms with Crippen molar-refractivity contribution in [3.63, 3.8) is 0 Å². The number of rotatable bonds is 3. The quantitative estimate of drug-likeness (QED) is 0.861. The van der Waals surface area contributed by atoms with Crippen molar-refractivity contribution in [3.05, 3.63) is 17.0 Å². The van der Waals surface area contributed by atoms with Crippen LogP contribution in [0.3, 0.4) is 0 Å². The van der Waals surface area contributed by atoms with Crippen LogP contribution in [0.5, 0.6) is 0 Å². The van der Waals surface area contributed by atoms with Gasteiger partial charge in [0, 0.05) is 13.1 Å². The van der Waals surface area contributed by atoms with Gasteiger partial charge in [-0.3, -0.25) is 9.53 Å². The van der Waals surface area contributed by atoms with Crippen molar-refractivity contribution in [2.45, 2.75) is 45.6 Å². The summed E-state index contributed by atoms with van der Waals surface area (Å²) in [4.78, 5) is 13.9. The number of hydrogen-bond acceptors (Lipinski definition) is 4. The minimum absolute atomic E-state index is 0.164. The van der Waals surface area contributed by atoms with Crippen molar-refractivity contribution in [3.8, 4) is 0 Å². The predicted molar refractivity (Wildman–Crippen MR) is 66.7 cm³/mol. The van der Waals surface area contributed by atoms with Gasteiger partial charge in [-0.25, -0.2) is 0 Å². The van der Waals surface area contributed by atoms with Gasteiger partial charge >= 0.3 is 6.36 Å². The SMILES string of the molecule is CCc1noc(C)c1C(=O)N1CCC(OC(F)(F)F)CC1. The molecule has 0 atom stereocenters. The molecule has 21 heavy (non-hydrogen) atoms. The molecule has 0 bridgehead atoms. The normalized spacial score (nSPS) is 17.3. The zero-order valence-electron chi connectivity index (χ0n) is 11.9. The molecule has 8 heteroatoms. The molecule has 0 N–H and O–H groups in total. The zero-order valence-corrected chi connectivity index (χ0v) is 11.9. The monoisotopic (exact) mass is 306 g/mol. The summed E-state index contributed by atoms with van der Waals surface area (Å²) in [7, 11) is 0. The molecule has 1 aliphatic rings. The third kappa shape index (κ3) is 3.75. The summed E-state index contributed by atoms with van der Waals surface area (Å²) in [6.45, 7) is 3.97. The molecule has 1 aromatic rings. The number of nitrogens with zero attached hydrogens (tertiary/aromatic N) is 2. The van der Waals surface area contributed by atoms with Gasteiger partial charge in [0.05, 0.1) is 11.8 Å². The number of amides is 1. The highest BCUT2D eigenvalue weighted by atomic mass is 19.4. The maximum atomic E-state index is 12.4. The van der Waals surface area contributed by atoms with Crippen LogP contribution in [0.1, 0.15) is 41.6 Å². The number of carbonyl (C=O) groups excluding carboxylic acids is 1. The smallest absolute Gasteiger partial charge is 0.361 e. The van der Waals surface area contributed by atoms with Gasteiger partial charge < -0.3 is 9.42 Å². The number of halogens is 3. The molecule has 0 aliphatic carbocycles. The molecule has 1 amide bonds. The maximum absolute atomic E-state index is 12.4. The molecular weight excluding hydrogens is 289 g/mol. The summed E-state index contributed by atoms with van der Waals surface area (Å²) in [6.07, 6.45) is -4.62. The molecule has 0 aromatic carbocycles. The van der Waals surface area contributed by atoms with E-state index >= 15 is 0 Å². The van der Waals surface area contributed by atoms with E-state index in [2.05, 4.69) is 9.89 Å². The van der Waals surface area contributed by atoms with E-state index in [0.717, 1.165) is 0 Å². The van der Waals surface area contributed by atoms with E-state index in [1.165, 1.54) is 4.90 Å². The van der Waals surface area contributed by atoms with Gasteiger partial charge in [-0.05, 0) is 26.2 Å². The van der Waals surface area contributed by atoms with Crippen LogP contribution in [-0.2, 0) is 11.2 Å². The molecule has 1 aliphatic heterocycles. The summed E-state index contributed by atoms with van der Waals surface area (Å²) in [5, 5.41) is 3.82. The average molecular weight is 306 g/mol. The second-order valence-electron chi connectivity index (χ2n) is 4.97. The molecule has 1 saturated heterocycles. The first-order chi connectivity index (χ1) is 9.81. The first-order valence-corrected chi connectivity index (χ1v) is 6.80. The third-order valence-corrected chi connectivity index (χ3v) is 3.51. The number of aromatic nitrogens is 1. The lowest BCUT2D eigenvalue weighted by atomic mass is 10.0. The van der Waals surface area contributed by atoms with Gasteiger partial charge in [0.2, 0.25) is 0 Å². The number of aryl methyl sites for hydroxylation is 2. The molecule has 0 unspecified atom stereocenters. The lowest BCUT2D eigenvalue weighted by Gasteiger charge is -2.32. The van der Waals surface area contributed by atoms with Crippen molar-refractivity contribution in [2.24, 2.45) is 0 Å². The summed E-state index contributed by atoms with van der Waals surface area (Å²) in [5.74, 6) is 0.196. The zero-order chi connectivity index (χ0) is 15.6. The fourth-order valence-corrected chi connectivity index (χ4v) is 2.46. The molecule has 1 aromatic heterocycles. The van der Waals surface area contributed by atoms with Gasteiger partial charge in [-0.2, -0.15) is 0 Å². The van der Waals surface area contributed by atoms with Crippen LogP contribution in [-0.4, -0.2) is 41.5 Å². The molecular formula is C13H17F3N2O3. The van der Waals surface area contributed by atoms with Crippen molar-refractivity contribution in [1.82, 2.24) is 10.1 Å². The molecule has 0 spiro atoms. The van der Waals surface area contributed by atoms with Gasteiger partial charge in [0.15, 0.2) is 0 Å². The van der Waals surface area contributed by atoms with Crippen molar-refractivity contribution < 1.29 is 27.2 Å². The first-order valence-electron chi connectivity index (χ1n) is 6.80. The number of ether oxygens (including phenoxy) is 1. The predicted octanol–water partition coefficient (Wildman–Crippen LogP) is 2.69. The molecule has 2 rings (SSSR count). The fourth-order valence-electron chi connectivity index (χ4n) is 2.46. The van der Waals surface area contributed by atoms with Crippen LogP contribution in [0.4, 0.5) is 13.2 Å². The lowest BCUT2D eigenvalue weighted by molar-refractivity contribution is -0.345. The Labute approximate surface area is 120 Å². The maximum Gasteiger partial charge on any atom is 0.522 e. The van der Waals surface area contributed by atoms with Crippen LogP contribution in [0.25, 0.3) is 0 Å². The summed E-state index contributed by atoms with van der Waals surface area (Å²) >= 11 is 0. The van der Waals surface area contributed by atoms with Crippen molar-refractivity contribution >= 4 is 5.91 Å². The minimum Gasteiger partial charge on any atom is -0.361 e. The van der Waals surface area contributed by atoms with Crippen LogP contribution < -0.4 is 0 Å². The number of likely N-dealkylation sites (tertiary alicyclic amines) is 1. The Morgan fingerprint density at radius 2 is 2.05 bits per heavy atom. The van der Waals surface area contributed by atoms with Gasteiger partial charge in [0.25, 0.3) is 5.91 Å². The Hall–Kier alpha value is -1.57. The Kier molecular flexibility index (Phi) is 4.55. The topological polar surface area (TPSA) is 55.6 Å². The van der Waals surface area contributed by atoms with Gasteiger partial charge in [-0.15, -0.1) is 13.2 Å². The standard InChI is InChI=1S/C13H17F3N2O3/c1-3-10-11(8(2)21-17-10)12(19)18-6-4-9(5-7-18)20-13(14,15)16/h9H,3-7H2,1-2H3. The summed E-state index contributed by atoms with van der Waals surface area (Å²) < 4.78 is 45.5. The molecule has 0 saturated carbocycles. The van der Waals surface area contributed by atoms with E-state index in [-0.39, 0.29) is 31.8 Å². The fraction of sp³-hybridized carbons (Fsp3) is 0.692. The highest BCUT2D eigenvalue weighted by Crippen LogP contribution is 2.26. The molecule has 5 nitrogen and oxygen atoms in total. The number of piperidine rings is 1. The Balaban J connectivity index is 1.99. The number of alkyl halides is 3.